The third kappa shape index (κ3) is 5.09. The summed E-state index contributed by atoms with van der Waals surface area (Å²) in [6.07, 6.45) is -4.35. The SMILES string of the molecule is Nc1ccc(NC(=S)NCCc2ccc(C(F)(F)F)cc2F)cc1. The summed E-state index contributed by atoms with van der Waals surface area (Å²) in [6.45, 7) is 0.281. The van der Waals surface area contributed by atoms with Crippen molar-refractivity contribution in [1.29, 1.82) is 0 Å². The largest absolute Gasteiger partial charge is 0.416 e. The molecule has 2 rings (SSSR count). The molecule has 2 aromatic carbocycles. The molecule has 0 aliphatic heterocycles. The molecule has 128 valence electrons. The van der Waals surface area contributed by atoms with Crippen LogP contribution in [0.15, 0.2) is 42.5 Å². The number of nitrogen functional groups attached to an aromatic ring is 1. The second-order valence-corrected chi connectivity index (χ2v) is 5.47. The zero-order valence-electron chi connectivity index (χ0n) is 12.5. The molecular weight excluding hydrogens is 342 g/mol. The summed E-state index contributed by atoms with van der Waals surface area (Å²) in [5.74, 6) is -0.885. The molecule has 4 N–H and O–H groups in total. The molecule has 0 fully saturated rings. The van der Waals surface area contributed by atoms with Crippen molar-refractivity contribution in [2.45, 2.75) is 12.6 Å². The molecule has 0 spiro atoms. The highest BCUT2D eigenvalue weighted by Crippen LogP contribution is 2.30. The maximum absolute atomic E-state index is 13.7. The fourth-order valence-electron chi connectivity index (χ4n) is 1.98. The van der Waals surface area contributed by atoms with Gasteiger partial charge in [-0.05, 0) is 60.6 Å². The topological polar surface area (TPSA) is 50.1 Å². The maximum atomic E-state index is 13.7. The van der Waals surface area contributed by atoms with E-state index >= 15 is 0 Å². The Morgan fingerprint density at radius 1 is 1.08 bits per heavy atom. The van der Waals surface area contributed by atoms with E-state index < -0.39 is 17.6 Å². The van der Waals surface area contributed by atoms with E-state index in [4.69, 9.17) is 18.0 Å². The Morgan fingerprint density at radius 2 is 1.75 bits per heavy atom. The summed E-state index contributed by atoms with van der Waals surface area (Å²) >= 11 is 5.09. The van der Waals surface area contributed by atoms with Gasteiger partial charge in [0.1, 0.15) is 5.82 Å². The minimum atomic E-state index is -4.55. The second kappa shape index (κ2) is 7.48. The van der Waals surface area contributed by atoms with Gasteiger partial charge in [-0.15, -0.1) is 0 Å². The van der Waals surface area contributed by atoms with Crippen LogP contribution >= 0.6 is 12.2 Å². The van der Waals surface area contributed by atoms with Crippen molar-refractivity contribution < 1.29 is 17.6 Å². The molecule has 0 radical (unpaired) electrons. The average molecular weight is 357 g/mol. The van der Waals surface area contributed by atoms with E-state index in [2.05, 4.69) is 10.6 Å². The van der Waals surface area contributed by atoms with Crippen molar-refractivity contribution in [2.24, 2.45) is 0 Å². The number of rotatable bonds is 4. The molecule has 0 unspecified atom stereocenters. The second-order valence-electron chi connectivity index (χ2n) is 5.06. The van der Waals surface area contributed by atoms with E-state index in [1.807, 2.05) is 0 Å². The van der Waals surface area contributed by atoms with Crippen LogP contribution in [-0.4, -0.2) is 11.7 Å². The van der Waals surface area contributed by atoms with Gasteiger partial charge in [-0.3, -0.25) is 0 Å². The van der Waals surface area contributed by atoms with Crippen molar-refractivity contribution in [3.8, 4) is 0 Å². The molecule has 3 nitrogen and oxygen atoms in total. The van der Waals surface area contributed by atoms with Crippen LogP contribution in [0.3, 0.4) is 0 Å². The van der Waals surface area contributed by atoms with E-state index in [1.165, 1.54) is 0 Å². The lowest BCUT2D eigenvalue weighted by molar-refractivity contribution is -0.137. The van der Waals surface area contributed by atoms with Gasteiger partial charge in [0.25, 0.3) is 0 Å². The quantitative estimate of drug-likeness (QED) is 0.441. The highest BCUT2D eigenvalue weighted by atomic mass is 32.1. The summed E-state index contributed by atoms with van der Waals surface area (Å²) in [7, 11) is 0. The lowest BCUT2D eigenvalue weighted by atomic mass is 10.1. The predicted octanol–water partition coefficient (Wildman–Crippen LogP) is 3.96. The standard InChI is InChI=1S/C16H15F4N3S/c17-14-9-11(16(18,19)20)2-1-10(14)7-8-22-15(24)23-13-5-3-12(21)4-6-13/h1-6,9H,7-8,21H2,(H2,22,23,24). The highest BCUT2D eigenvalue weighted by molar-refractivity contribution is 7.80. The first-order valence-corrected chi connectivity index (χ1v) is 7.42. The molecule has 0 aliphatic carbocycles. The van der Waals surface area contributed by atoms with Crippen LogP contribution in [0.5, 0.6) is 0 Å². The lowest BCUT2D eigenvalue weighted by Crippen LogP contribution is -2.30. The van der Waals surface area contributed by atoms with Gasteiger partial charge >= 0.3 is 6.18 Å². The molecule has 2 aromatic rings. The number of nitrogens with two attached hydrogens (primary N) is 1. The van der Waals surface area contributed by atoms with Gasteiger partial charge in [0.05, 0.1) is 5.56 Å². The van der Waals surface area contributed by atoms with Gasteiger partial charge in [-0.2, -0.15) is 13.2 Å². The van der Waals surface area contributed by atoms with Gasteiger partial charge in [-0.25, -0.2) is 4.39 Å². The number of halogens is 4. The Hall–Kier alpha value is -2.35. The molecule has 8 heteroatoms. The monoisotopic (exact) mass is 357 g/mol. The molecular formula is C16H15F4N3S. The number of thiocarbonyl (C=S) groups is 1. The third-order valence-corrected chi connectivity index (χ3v) is 3.48. The van der Waals surface area contributed by atoms with Crippen LogP contribution in [0.25, 0.3) is 0 Å². The van der Waals surface area contributed by atoms with Crippen molar-refractivity contribution >= 4 is 28.7 Å². The minimum absolute atomic E-state index is 0.186. The average Bonchev–Trinajstić information content (AvgIpc) is 2.50. The molecule has 0 saturated heterocycles. The smallest absolute Gasteiger partial charge is 0.399 e. The molecule has 0 atom stereocenters. The molecule has 0 aromatic heterocycles. The van der Waals surface area contributed by atoms with Gasteiger partial charge in [0.15, 0.2) is 5.11 Å². The zero-order valence-corrected chi connectivity index (χ0v) is 13.3. The van der Waals surface area contributed by atoms with Crippen molar-refractivity contribution in [3.63, 3.8) is 0 Å². The number of hydrogen-bond acceptors (Lipinski definition) is 2. The number of alkyl halides is 3. The molecule has 0 saturated carbocycles. The van der Waals surface area contributed by atoms with Gasteiger partial charge in [-0.1, -0.05) is 6.07 Å². The first-order valence-electron chi connectivity index (χ1n) is 7.02. The van der Waals surface area contributed by atoms with Gasteiger partial charge < -0.3 is 16.4 Å². The van der Waals surface area contributed by atoms with Crippen LogP contribution in [0.4, 0.5) is 28.9 Å². The molecule has 0 aliphatic rings. The van der Waals surface area contributed by atoms with E-state index in [0.29, 0.717) is 16.9 Å². The zero-order chi connectivity index (χ0) is 17.7. The van der Waals surface area contributed by atoms with E-state index in [0.717, 1.165) is 17.8 Å². The number of anilines is 2. The van der Waals surface area contributed by atoms with Crippen LogP contribution in [0.1, 0.15) is 11.1 Å². The Morgan fingerprint density at radius 3 is 2.33 bits per heavy atom. The normalized spacial score (nSPS) is 11.2. The van der Waals surface area contributed by atoms with Crippen LogP contribution in [0, 0.1) is 5.82 Å². The van der Waals surface area contributed by atoms with Crippen LogP contribution in [0.2, 0.25) is 0 Å². The Kier molecular flexibility index (Phi) is 5.61. The third-order valence-electron chi connectivity index (χ3n) is 3.23. The van der Waals surface area contributed by atoms with Crippen LogP contribution < -0.4 is 16.4 Å². The number of benzene rings is 2. The summed E-state index contributed by atoms with van der Waals surface area (Å²) < 4.78 is 51.1. The van der Waals surface area contributed by atoms with Crippen molar-refractivity contribution in [2.75, 3.05) is 17.6 Å². The maximum Gasteiger partial charge on any atom is 0.416 e. The first-order chi connectivity index (χ1) is 11.3. The summed E-state index contributed by atoms with van der Waals surface area (Å²) in [4.78, 5) is 0. The molecule has 0 amide bonds. The summed E-state index contributed by atoms with van der Waals surface area (Å²) in [5.41, 5.74) is 6.12. The lowest BCUT2D eigenvalue weighted by Gasteiger charge is -2.12. The summed E-state index contributed by atoms with van der Waals surface area (Å²) in [5, 5.41) is 6.11. The van der Waals surface area contributed by atoms with Gasteiger partial charge in [0, 0.05) is 17.9 Å². The highest BCUT2D eigenvalue weighted by Gasteiger charge is 2.31. The molecule has 0 heterocycles. The molecule has 24 heavy (non-hydrogen) atoms. The first kappa shape index (κ1) is 18.0. The Labute approximate surface area is 141 Å². The van der Waals surface area contributed by atoms with Crippen LogP contribution in [-0.2, 0) is 12.6 Å². The summed E-state index contributed by atoms with van der Waals surface area (Å²) in [6, 6.07) is 9.42. The minimum Gasteiger partial charge on any atom is -0.399 e. The van der Waals surface area contributed by atoms with Crippen molar-refractivity contribution in [3.05, 3.63) is 59.4 Å². The Balaban J connectivity index is 1.85. The van der Waals surface area contributed by atoms with E-state index in [9.17, 15) is 17.6 Å². The van der Waals surface area contributed by atoms with Gasteiger partial charge in [0.2, 0.25) is 0 Å². The fraction of sp³-hybridized carbons (Fsp3) is 0.188. The predicted molar refractivity (Wildman–Crippen MR) is 90.2 cm³/mol. The number of nitrogens with one attached hydrogen (secondary N) is 2. The van der Waals surface area contributed by atoms with Crippen molar-refractivity contribution in [1.82, 2.24) is 5.32 Å². The van der Waals surface area contributed by atoms with E-state index in [-0.39, 0.29) is 18.5 Å². The van der Waals surface area contributed by atoms with E-state index in [1.54, 1.807) is 24.3 Å². The molecule has 0 bridgehead atoms. The fourth-order valence-corrected chi connectivity index (χ4v) is 2.20. The number of hydrogen-bond donors (Lipinski definition) is 3. The Bertz CT molecular complexity index is 714.